The molecule has 5 aromatic rings. The fraction of sp³-hybridized carbons (Fsp3) is 0.273. The van der Waals surface area contributed by atoms with Crippen molar-refractivity contribution in [2.75, 3.05) is 43.4 Å². The molecule has 0 bridgehead atoms. The number of piperazine rings is 1. The zero-order chi connectivity index (χ0) is 24.1. The largest absolute Gasteiger partial charge is 0.446 e. The average Bonchev–Trinajstić information content (AvgIpc) is 3.56. The van der Waals surface area contributed by atoms with Gasteiger partial charge >= 0.3 is 0 Å². The van der Waals surface area contributed by atoms with Gasteiger partial charge in [0.15, 0.2) is 21.7 Å². The van der Waals surface area contributed by atoms with Crippen LogP contribution in [0.3, 0.4) is 0 Å². The van der Waals surface area contributed by atoms with Gasteiger partial charge < -0.3 is 15.1 Å². The average molecular weight is 544 g/mol. The van der Waals surface area contributed by atoms with Gasteiger partial charge in [-0.1, -0.05) is 0 Å². The summed E-state index contributed by atoms with van der Waals surface area (Å²) in [6.45, 7) is 4.15. The van der Waals surface area contributed by atoms with E-state index < -0.39 is 11.6 Å². The number of aromatic nitrogens is 6. The van der Waals surface area contributed by atoms with E-state index in [4.69, 9.17) is 10.2 Å². The molecule has 0 unspecified atom stereocenters. The van der Waals surface area contributed by atoms with Crippen LogP contribution < -0.4 is 10.6 Å². The van der Waals surface area contributed by atoms with E-state index in [1.54, 1.807) is 23.0 Å². The number of anilines is 2. The monoisotopic (exact) mass is 543 g/mol. The van der Waals surface area contributed by atoms with E-state index in [1.165, 1.54) is 16.6 Å². The van der Waals surface area contributed by atoms with Crippen LogP contribution in [-0.4, -0.2) is 67.0 Å². The quantitative estimate of drug-likeness (QED) is 0.360. The number of benzene rings is 1. The van der Waals surface area contributed by atoms with Crippen LogP contribution in [-0.2, 0) is 6.54 Å². The molecule has 6 rings (SSSR count). The van der Waals surface area contributed by atoms with Gasteiger partial charge in [-0.2, -0.15) is 14.6 Å². The molecular weight excluding hydrogens is 524 g/mol. The molecule has 1 aromatic carbocycles. The summed E-state index contributed by atoms with van der Waals surface area (Å²) in [6.07, 6.45) is 1.71. The molecule has 1 aliphatic heterocycles. The van der Waals surface area contributed by atoms with Gasteiger partial charge in [0.2, 0.25) is 11.8 Å². The second-order valence-electron chi connectivity index (χ2n) is 8.27. The molecule has 1 fully saturated rings. The second kappa shape index (κ2) is 8.57. The normalized spacial score (nSPS) is 15.0. The van der Waals surface area contributed by atoms with Crippen molar-refractivity contribution >= 4 is 44.2 Å². The predicted octanol–water partition coefficient (Wildman–Crippen LogP) is 3.18. The molecule has 0 radical (unpaired) electrons. The Labute approximate surface area is 206 Å². The summed E-state index contributed by atoms with van der Waals surface area (Å²) in [4.78, 5) is 13.3. The fourth-order valence-electron chi connectivity index (χ4n) is 4.35. The Morgan fingerprint density at radius 2 is 1.83 bits per heavy atom. The lowest BCUT2D eigenvalue weighted by Crippen LogP contribution is -2.47. The molecule has 1 saturated heterocycles. The Morgan fingerprint density at radius 1 is 1.00 bits per heavy atom. The van der Waals surface area contributed by atoms with E-state index >= 15 is 0 Å². The van der Waals surface area contributed by atoms with E-state index in [2.05, 4.69) is 41.0 Å². The standard InChI is InChI=1S/C22H20BrF2N9O/c23-18-4-3-17(35-18)19-28-21-14-12-27-33(20(14)29-22(26)34(21)30-19)10-7-31-5-8-32(9-6-31)16-2-1-13(24)11-15(16)25/h1-4,11-12H,5-10H2,(H2,26,29). The molecule has 1 aliphatic rings. The number of furan rings is 1. The Morgan fingerprint density at radius 3 is 2.57 bits per heavy atom. The topological polar surface area (TPSA) is 107 Å². The van der Waals surface area contributed by atoms with Crippen molar-refractivity contribution < 1.29 is 13.2 Å². The maximum atomic E-state index is 14.1. The number of nitrogens with zero attached hydrogens (tertiary/aromatic N) is 8. The first-order valence-electron chi connectivity index (χ1n) is 11.0. The van der Waals surface area contributed by atoms with Crippen LogP contribution in [0, 0.1) is 11.6 Å². The van der Waals surface area contributed by atoms with Gasteiger partial charge in [-0.15, -0.1) is 5.10 Å². The van der Waals surface area contributed by atoms with Crippen molar-refractivity contribution in [3.8, 4) is 11.6 Å². The SMILES string of the molecule is Nc1nc2c(cnn2CCN2CCN(c3ccc(F)cc3F)CC2)c2nc(-c3ccc(Br)o3)nn12. The highest BCUT2D eigenvalue weighted by molar-refractivity contribution is 9.10. The van der Waals surface area contributed by atoms with Crippen LogP contribution >= 0.6 is 15.9 Å². The molecule has 0 aliphatic carbocycles. The maximum absolute atomic E-state index is 14.1. The second-order valence-corrected chi connectivity index (χ2v) is 9.06. The van der Waals surface area contributed by atoms with Crippen molar-refractivity contribution in [1.82, 2.24) is 34.3 Å². The molecule has 0 amide bonds. The molecule has 0 spiro atoms. The van der Waals surface area contributed by atoms with Gasteiger partial charge in [0.1, 0.15) is 11.6 Å². The Hall–Kier alpha value is -3.58. The van der Waals surface area contributed by atoms with E-state index in [0.717, 1.165) is 31.1 Å². The summed E-state index contributed by atoms with van der Waals surface area (Å²) in [5.74, 6) is 0.0145. The lowest BCUT2D eigenvalue weighted by atomic mass is 10.2. The number of rotatable bonds is 5. The molecule has 0 saturated carbocycles. The number of hydrogen-bond acceptors (Lipinski definition) is 8. The summed E-state index contributed by atoms with van der Waals surface area (Å²) >= 11 is 3.29. The molecule has 13 heteroatoms. The minimum atomic E-state index is -0.570. The fourth-order valence-corrected chi connectivity index (χ4v) is 4.65. The lowest BCUT2D eigenvalue weighted by Gasteiger charge is -2.36. The summed E-state index contributed by atoms with van der Waals surface area (Å²) < 4.78 is 36.7. The molecule has 5 heterocycles. The maximum Gasteiger partial charge on any atom is 0.225 e. The molecule has 2 N–H and O–H groups in total. The first-order chi connectivity index (χ1) is 17.0. The van der Waals surface area contributed by atoms with Gasteiger partial charge in [0, 0.05) is 38.8 Å². The van der Waals surface area contributed by atoms with Gasteiger partial charge in [0.05, 0.1) is 23.8 Å². The van der Waals surface area contributed by atoms with Crippen LogP contribution in [0.15, 0.2) is 45.6 Å². The van der Waals surface area contributed by atoms with Gasteiger partial charge in [-0.3, -0.25) is 4.90 Å². The highest BCUT2D eigenvalue weighted by Crippen LogP contribution is 2.26. The highest BCUT2D eigenvalue weighted by Gasteiger charge is 2.21. The Kier molecular flexibility index (Phi) is 5.37. The summed E-state index contributed by atoms with van der Waals surface area (Å²) in [5, 5.41) is 9.66. The number of nitrogens with two attached hydrogens (primary N) is 1. The van der Waals surface area contributed by atoms with Crippen LogP contribution in [0.5, 0.6) is 0 Å². The number of fused-ring (bicyclic) bond motifs is 3. The van der Waals surface area contributed by atoms with Crippen molar-refractivity contribution in [2.24, 2.45) is 0 Å². The summed E-state index contributed by atoms with van der Waals surface area (Å²) in [6, 6.07) is 7.24. The van der Waals surface area contributed by atoms with Gasteiger partial charge in [-0.05, 0) is 40.2 Å². The molecular formula is C22H20BrF2N9O. The van der Waals surface area contributed by atoms with Crippen LogP contribution in [0.25, 0.3) is 28.3 Å². The van der Waals surface area contributed by atoms with E-state index in [0.29, 0.717) is 52.9 Å². The first kappa shape index (κ1) is 21.9. The molecule has 180 valence electrons. The summed E-state index contributed by atoms with van der Waals surface area (Å²) in [5.41, 5.74) is 7.79. The third-order valence-corrected chi connectivity index (χ3v) is 6.57. The molecule has 0 atom stereocenters. The van der Waals surface area contributed by atoms with Crippen LogP contribution in [0.2, 0.25) is 0 Å². The zero-order valence-corrected chi connectivity index (χ0v) is 20.0. The predicted molar refractivity (Wildman–Crippen MR) is 129 cm³/mol. The van der Waals surface area contributed by atoms with Crippen molar-refractivity contribution in [3.63, 3.8) is 0 Å². The van der Waals surface area contributed by atoms with Crippen LogP contribution in [0.1, 0.15) is 0 Å². The van der Waals surface area contributed by atoms with Gasteiger partial charge in [0.25, 0.3) is 0 Å². The van der Waals surface area contributed by atoms with Gasteiger partial charge in [-0.25, -0.2) is 18.4 Å². The third-order valence-electron chi connectivity index (χ3n) is 6.14. The molecule has 4 aromatic heterocycles. The number of halogens is 3. The highest BCUT2D eigenvalue weighted by atomic mass is 79.9. The smallest absolute Gasteiger partial charge is 0.225 e. The lowest BCUT2D eigenvalue weighted by molar-refractivity contribution is 0.245. The van der Waals surface area contributed by atoms with E-state index in [1.807, 2.05) is 4.90 Å². The van der Waals surface area contributed by atoms with Crippen molar-refractivity contribution in [3.05, 3.63) is 52.8 Å². The molecule has 35 heavy (non-hydrogen) atoms. The van der Waals surface area contributed by atoms with E-state index in [9.17, 15) is 8.78 Å². The third kappa shape index (κ3) is 4.00. The molecule has 10 nitrogen and oxygen atoms in total. The van der Waals surface area contributed by atoms with Crippen molar-refractivity contribution in [2.45, 2.75) is 6.54 Å². The zero-order valence-electron chi connectivity index (χ0n) is 18.4. The number of hydrogen-bond donors (Lipinski definition) is 1. The van der Waals surface area contributed by atoms with Crippen LogP contribution in [0.4, 0.5) is 20.4 Å². The van der Waals surface area contributed by atoms with E-state index in [-0.39, 0.29) is 5.95 Å². The minimum absolute atomic E-state index is 0.202. The summed E-state index contributed by atoms with van der Waals surface area (Å²) in [7, 11) is 0. The first-order valence-corrected chi connectivity index (χ1v) is 11.8. The minimum Gasteiger partial charge on any atom is -0.446 e. The Balaban J connectivity index is 1.17. The van der Waals surface area contributed by atoms with Crippen molar-refractivity contribution in [1.29, 1.82) is 0 Å². The Bertz CT molecular complexity index is 1540. The number of nitrogen functional groups attached to an aromatic ring is 1.